The molecule has 0 radical (unpaired) electrons. The molecule has 1 aromatic heterocycles. The molecular formula is C27H23N3O6. The number of benzene rings is 2. The average Bonchev–Trinajstić information content (AvgIpc) is 3.07. The molecule has 182 valence electrons. The number of amides is 2. The Kier molecular flexibility index (Phi) is 4.84. The van der Waals surface area contributed by atoms with Crippen LogP contribution in [0, 0.1) is 11.8 Å². The molecule has 1 saturated heterocycles. The number of rotatable bonds is 4. The van der Waals surface area contributed by atoms with Gasteiger partial charge in [0.15, 0.2) is 5.60 Å². The number of pyridine rings is 1. The van der Waals surface area contributed by atoms with Crippen molar-refractivity contribution in [1.82, 2.24) is 10.3 Å². The van der Waals surface area contributed by atoms with Crippen LogP contribution >= 0.6 is 0 Å². The second kappa shape index (κ2) is 9.70. The third kappa shape index (κ3) is 5.00. The molecule has 3 heterocycles. The van der Waals surface area contributed by atoms with E-state index in [2.05, 4.69) is 22.1 Å². The molecule has 36 heavy (non-hydrogen) atoms. The van der Waals surface area contributed by atoms with E-state index in [9.17, 15) is 14.7 Å². The Morgan fingerprint density at radius 3 is 2.81 bits per heavy atom. The van der Waals surface area contributed by atoms with Crippen molar-refractivity contribution >= 4 is 17.5 Å². The van der Waals surface area contributed by atoms with Crippen LogP contribution in [0.2, 0.25) is 0 Å². The Morgan fingerprint density at radius 2 is 2.06 bits per heavy atom. The van der Waals surface area contributed by atoms with Crippen molar-refractivity contribution < 1.29 is 35.8 Å². The molecule has 2 aliphatic rings. The summed E-state index contributed by atoms with van der Waals surface area (Å²) in [5.74, 6) is 4.46. The molecule has 1 atom stereocenters. The van der Waals surface area contributed by atoms with Gasteiger partial charge in [-0.3, -0.25) is 14.6 Å². The fourth-order valence-electron chi connectivity index (χ4n) is 3.47. The molecule has 0 bridgehead atoms. The van der Waals surface area contributed by atoms with Gasteiger partial charge in [0, 0.05) is 24.9 Å². The molecule has 0 saturated carbocycles. The smallest absolute Gasteiger partial charge is 0.270 e. The lowest BCUT2D eigenvalue weighted by molar-refractivity contribution is -0.140. The standard InChI is InChI=1S/C27H23N3O6/c1-30-23-13-18(9-11-27(33)16-34-17-27)7-8-24(23)35-15-22(26(30)32)29-25(31)21-14-20(10-12-28-21)36-19-5-3-2-4-6-19/h2-8,10,12-14,22,33H,15-17H2,1H3,(H,29,31)/t22-/m1/s1/i2D,3D,4D,5D,6D. The van der Waals surface area contributed by atoms with Crippen molar-refractivity contribution in [2.75, 3.05) is 31.8 Å². The zero-order valence-electron chi connectivity index (χ0n) is 24.0. The van der Waals surface area contributed by atoms with E-state index >= 15 is 0 Å². The van der Waals surface area contributed by atoms with Crippen molar-refractivity contribution in [3.05, 3.63) is 78.0 Å². The average molecular weight is 491 g/mol. The number of ether oxygens (including phenoxy) is 3. The summed E-state index contributed by atoms with van der Waals surface area (Å²) in [5.41, 5.74) is -0.342. The molecule has 0 unspecified atom stereocenters. The summed E-state index contributed by atoms with van der Waals surface area (Å²) >= 11 is 0. The molecule has 2 amide bonds. The van der Waals surface area contributed by atoms with Crippen molar-refractivity contribution in [1.29, 1.82) is 0 Å². The van der Waals surface area contributed by atoms with Crippen molar-refractivity contribution in [3.8, 4) is 29.1 Å². The van der Waals surface area contributed by atoms with Gasteiger partial charge >= 0.3 is 0 Å². The third-order valence-corrected chi connectivity index (χ3v) is 5.44. The van der Waals surface area contributed by atoms with Crippen LogP contribution in [-0.2, 0) is 9.53 Å². The number of fused-ring (bicyclic) bond motifs is 1. The lowest BCUT2D eigenvalue weighted by Gasteiger charge is -2.30. The zero-order chi connectivity index (χ0) is 29.5. The van der Waals surface area contributed by atoms with Crippen LogP contribution in [0.3, 0.4) is 0 Å². The van der Waals surface area contributed by atoms with Gasteiger partial charge in [0.1, 0.15) is 35.6 Å². The second-order valence-electron chi connectivity index (χ2n) is 8.12. The number of likely N-dealkylation sites (N-methyl/N-ethyl adjacent to an activating group) is 1. The predicted octanol–water partition coefficient (Wildman–Crippen LogP) is 2.14. The largest absolute Gasteiger partial charge is 0.489 e. The van der Waals surface area contributed by atoms with E-state index in [0.717, 1.165) is 0 Å². The van der Waals surface area contributed by atoms with E-state index in [1.165, 1.54) is 30.3 Å². The summed E-state index contributed by atoms with van der Waals surface area (Å²) in [4.78, 5) is 31.6. The number of aliphatic hydroxyl groups is 1. The highest BCUT2D eigenvalue weighted by atomic mass is 16.5. The maximum Gasteiger partial charge on any atom is 0.270 e. The van der Waals surface area contributed by atoms with Crippen molar-refractivity contribution in [2.24, 2.45) is 0 Å². The van der Waals surface area contributed by atoms with Gasteiger partial charge in [0.05, 0.1) is 25.8 Å². The molecular weight excluding hydrogens is 462 g/mol. The van der Waals surface area contributed by atoms with E-state index in [-0.39, 0.29) is 31.3 Å². The van der Waals surface area contributed by atoms with E-state index in [1.807, 2.05) is 0 Å². The summed E-state index contributed by atoms with van der Waals surface area (Å²) in [6, 6.07) is 3.74. The predicted molar refractivity (Wildman–Crippen MR) is 130 cm³/mol. The SMILES string of the molecule is [2H]c1c([2H])c([2H])c(Oc2ccnc(C(=O)N[C@@H]3COc4ccc(C#CC5(O)COC5)cc4N(C)C3=O)c2)c([2H])c1[2H]. The highest BCUT2D eigenvalue weighted by molar-refractivity contribution is 6.03. The number of hydrogen-bond donors (Lipinski definition) is 2. The van der Waals surface area contributed by atoms with Gasteiger partial charge in [-0.2, -0.15) is 0 Å². The highest BCUT2D eigenvalue weighted by Gasteiger charge is 2.34. The van der Waals surface area contributed by atoms with Crippen LogP contribution in [0.25, 0.3) is 0 Å². The van der Waals surface area contributed by atoms with Gasteiger partial charge < -0.3 is 29.5 Å². The van der Waals surface area contributed by atoms with Crippen molar-refractivity contribution in [2.45, 2.75) is 11.6 Å². The number of nitrogens with zero attached hydrogens (tertiary/aromatic N) is 2. The number of hydrogen-bond acceptors (Lipinski definition) is 7. The zero-order valence-corrected chi connectivity index (χ0v) is 19.0. The first kappa shape index (κ1) is 18.0. The molecule has 0 aliphatic carbocycles. The molecule has 0 spiro atoms. The molecule has 2 N–H and O–H groups in total. The van der Waals surface area contributed by atoms with E-state index < -0.39 is 59.4 Å². The van der Waals surface area contributed by atoms with Crippen LogP contribution in [0.5, 0.6) is 17.2 Å². The lowest BCUT2D eigenvalue weighted by atomic mass is 10.0. The van der Waals surface area contributed by atoms with Crippen LogP contribution in [0.1, 0.15) is 22.9 Å². The Morgan fingerprint density at radius 1 is 1.25 bits per heavy atom. The van der Waals surface area contributed by atoms with Crippen LogP contribution in [-0.4, -0.2) is 60.4 Å². The van der Waals surface area contributed by atoms with Crippen LogP contribution in [0.15, 0.2) is 66.7 Å². The highest BCUT2D eigenvalue weighted by Crippen LogP contribution is 2.31. The Labute approximate surface area is 214 Å². The molecule has 5 rings (SSSR count). The Hall–Kier alpha value is -4.39. The minimum atomic E-state index is -1.19. The number of nitrogens with one attached hydrogen (secondary N) is 1. The van der Waals surface area contributed by atoms with Gasteiger partial charge in [0.25, 0.3) is 11.8 Å². The fraction of sp³-hybridized carbons (Fsp3) is 0.222. The molecule has 9 heteroatoms. The molecule has 9 nitrogen and oxygen atoms in total. The van der Waals surface area contributed by atoms with E-state index in [4.69, 9.17) is 21.1 Å². The van der Waals surface area contributed by atoms with Gasteiger partial charge in [-0.05, 0) is 36.4 Å². The lowest BCUT2D eigenvalue weighted by Crippen LogP contribution is -2.49. The van der Waals surface area contributed by atoms with E-state index in [0.29, 0.717) is 17.0 Å². The monoisotopic (exact) mass is 490 g/mol. The minimum absolute atomic E-state index is 0.00316. The minimum Gasteiger partial charge on any atom is -0.489 e. The summed E-state index contributed by atoms with van der Waals surface area (Å²) in [7, 11) is 1.53. The van der Waals surface area contributed by atoms with Crippen molar-refractivity contribution in [3.63, 3.8) is 0 Å². The van der Waals surface area contributed by atoms with Crippen LogP contribution < -0.4 is 19.7 Å². The first-order chi connectivity index (χ1) is 19.5. The first-order valence-corrected chi connectivity index (χ1v) is 10.9. The molecule has 1 fully saturated rings. The second-order valence-corrected chi connectivity index (χ2v) is 8.12. The molecule has 2 aromatic carbocycles. The quantitative estimate of drug-likeness (QED) is 0.539. The van der Waals surface area contributed by atoms with Gasteiger partial charge in [-0.15, -0.1) is 0 Å². The number of carbonyl (C=O) groups is 2. The summed E-state index contributed by atoms with van der Waals surface area (Å²) < 4.78 is 55.6. The number of aromatic nitrogens is 1. The number of carbonyl (C=O) groups excluding carboxylic acids is 2. The number of anilines is 1. The third-order valence-electron chi connectivity index (χ3n) is 5.44. The first-order valence-electron chi connectivity index (χ1n) is 13.4. The molecule has 2 aliphatic heterocycles. The van der Waals surface area contributed by atoms with Crippen LogP contribution in [0.4, 0.5) is 5.69 Å². The van der Waals surface area contributed by atoms with Gasteiger partial charge in [0.2, 0.25) is 0 Å². The maximum atomic E-state index is 13.2. The number of para-hydroxylation sites is 1. The fourth-order valence-corrected chi connectivity index (χ4v) is 3.47. The maximum absolute atomic E-state index is 13.2. The van der Waals surface area contributed by atoms with Gasteiger partial charge in [-0.25, -0.2) is 0 Å². The summed E-state index contributed by atoms with van der Waals surface area (Å²) in [5, 5.41) is 12.7. The Balaban J connectivity index is 1.31. The summed E-state index contributed by atoms with van der Waals surface area (Å²) in [6.07, 6.45) is 1.25. The topological polar surface area (TPSA) is 110 Å². The summed E-state index contributed by atoms with van der Waals surface area (Å²) in [6.45, 7) is 0.0970. The normalized spacial score (nSPS) is 19.8. The Bertz CT molecular complexity index is 1610. The molecule has 3 aromatic rings. The van der Waals surface area contributed by atoms with E-state index in [1.54, 1.807) is 18.2 Å². The van der Waals surface area contributed by atoms with Gasteiger partial charge in [-0.1, -0.05) is 30.0 Å².